The molecule has 0 bridgehead atoms. The Balaban J connectivity index is 1.62. The molecule has 1 aromatic rings. The number of hydrogen-bond donors (Lipinski definition) is 1. The predicted molar refractivity (Wildman–Crippen MR) is 84.3 cm³/mol. The van der Waals surface area contributed by atoms with E-state index in [0.717, 1.165) is 19.3 Å². The Morgan fingerprint density at radius 2 is 2.26 bits per heavy atom. The number of carbonyl (C=O) groups is 1. The number of hydrogen-bond acceptors (Lipinski definition) is 6. The highest BCUT2D eigenvalue weighted by molar-refractivity contribution is 7.12. The Morgan fingerprint density at radius 3 is 3.09 bits per heavy atom. The van der Waals surface area contributed by atoms with Gasteiger partial charge in [0, 0.05) is 19.0 Å². The minimum absolute atomic E-state index is 0.0419. The van der Waals surface area contributed by atoms with Gasteiger partial charge in [0.25, 0.3) is 5.91 Å². The van der Waals surface area contributed by atoms with Crippen molar-refractivity contribution in [1.82, 2.24) is 4.90 Å². The van der Waals surface area contributed by atoms with Crippen LogP contribution in [0.15, 0.2) is 5.38 Å². The van der Waals surface area contributed by atoms with Crippen LogP contribution in [0.1, 0.15) is 35.4 Å². The van der Waals surface area contributed by atoms with E-state index >= 15 is 0 Å². The Labute approximate surface area is 138 Å². The van der Waals surface area contributed by atoms with Gasteiger partial charge in [0.2, 0.25) is 0 Å². The number of amides is 1. The van der Waals surface area contributed by atoms with Crippen molar-refractivity contribution in [2.24, 2.45) is 0 Å². The zero-order chi connectivity index (χ0) is 16.0. The number of likely N-dealkylation sites (tertiary alicyclic amines) is 1. The average Bonchev–Trinajstić information content (AvgIpc) is 3.16. The van der Waals surface area contributed by atoms with Crippen molar-refractivity contribution >= 4 is 17.2 Å². The number of fused-ring (bicyclic) bond motifs is 2. The molecule has 1 amide bonds. The van der Waals surface area contributed by atoms with Crippen molar-refractivity contribution in [2.45, 2.75) is 43.4 Å². The quantitative estimate of drug-likeness (QED) is 0.888. The average molecular weight is 339 g/mol. The number of nitrogens with zero attached hydrogens (tertiary/aromatic N) is 1. The summed E-state index contributed by atoms with van der Waals surface area (Å²) in [4.78, 5) is 15.5. The molecule has 1 saturated heterocycles. The third-order valence-electron chi connectivity index (χ3n) is 5.32. The van der Waals surface area contributed by atoms with E-state index in [4.69, 9.17) is 14.2 Å². The summed E-state index contributed by atoms with van der Waals surface area (Å²) in [6.07, 6.45) is 2.55. The van der Waals surface area contributed by atoms with E-state index in [1.54, 1.807) is 7.11 Å². The van der Waals surface area contributed by atoms with E-state index in [1.165, 1.54) is 11.3 Å². The second-order valence-corrected chi connectivity index (χ2v) is 7.30. The molecule has 23 heavy (non-hydrogen) atoms. The summed E-state index contributed by atoms with van der Waals surface area (Å²) < 4.78 is 17.0. The van der Waals surface area contributed by atoms with Crippen LogP contribution in [-0.4, -0.2) is 60.5 Å². The van der Waals surface area contributed by atoms with Crippen LogP contribution in [0.2, 0.25) is 0 Å². The Morgan fingerprint density at radius 1 is 1.43 bits per heavy atom. The van der Waals surface area contributed by atoms with Crippen molar-refractivity contribution in [1.29, 1.82) is 0 Å². The van der Waals surface area contributed by atoms with E-state index in [-0.39, 0.29) is 23.7 Å². The smallest absolute Gasteiger partial charge is 0.268 e. The minimum Gasteiger partial charge on any atom is -0.485 e. The number of aliphatic hydroxyl groups excluding tert-OH is 1. The van der Waals surface area contributed by atoms with Gasteiger partial charge in [0.1, 0.15) is 18.1 Å². The fraction of sp³-hybridized carbons (Fsp3) is 0.688. The molecule has 0 spiro atoms. The molecule has 0 unspecified atom stereocenters. The highest BCUT2D eigenvalue weighted by atomic mass is 32.1. The molecule has 7 heteroatoms. The summed E-state index contributed by atoms with van der Waals surface area (Å²) in [6, 6.07) is -0.0778. The maximum Gasteiger partial charge on any atom is 0.268 e. The van der Waals surface area contributed by atoms with Crippen LogP contribution < -0.4 is 9.47 Å². The van der Waals surface area contributed by atoms with Gasteiger partial charge in [-0.1, -0.05) is 0 Å². The Kier molecular flexibility index (Phi) is 3.74. The summed E-state index contributed by atoms with van der Waals surface area (Å²) in [7, 11) is 1.71. The highest BCUT2D eigenvalue weighted by Crippen LogP contribution is 2.45. The molecule has 0 aromatic carbocycles. The van der Waals surface area contributed by atoms with Gasteiger partial charge in [-0.3, -0.25) is 4.79 Å². The second kappa shape index (κ2) is 5.65. The van der Waals surface area contributed by atoms with Gasteiger partial charge in [-0.2, -0.15) is 0 Å². The van der Waals surface area contributed by atoms with Crippen molar-refractivity contribution in [3.05, 3.63) is 10.3 Å². The van der Waals surface area contributed by atoms with Gasteiger partial charge >= 0.3 is 0 Å². The summed E-state index contributed by atoms with van der Waals surface area (Å²) in [6.45, 7) is 1.63. The molecule has 6 nitrogen and oxygen atoms in total. The van der Waals surface area contributed by atoms with Gasteiger partial charge in [-0.15, -0.1) is 11.3 Å². The molecule has 2 fully saturated rings. The van der Waals surface area contributed by atoms with Crippen molar-refractivity contribution < 1.29 is 24.1 Å². The molecular formula is C16H21NO5S. The highest BCUT2D eigenvalue weighted by Gasteiger charge is 2.52. The van der Waals surface area contributed by atoms with E-state index in [0.29, 0.717) is 42.6 Å². The van der Waals surface area contributed by atoms with Gasteiger partial charge in [-0.05, 0) is 25.7 Å². The lowest BCUT2D eigenvalue weighted by molar-refractivity contribution is -0.0824. The Bertz CT molecular complexity index is 618. The SMILES string of the molecule is CO[C@]12CC[C@H](O)C[C@H]1N(C(=O)c1scc3c1OCCO3)CC2. The van der Waals surface area contributed by atoms with Crippen LogP contribution in [0.25, 0.3) is 0 Å². The molecule has 0 radical (unpaired) electrons. The molecule has 2 aliphatic heterocycles. The van der Waals surface area contributed by atoms with Crippen LogP contribution in [-0.2, 0) is 4.74 Å². The molecule has 1 N–H and O–H groups in total. The number of aliphatic hydroxyl groups is 1. The second-order valence-electron chi connectivity index (χ2n) is 6.42. The molecule has 1 aromatic heterocycles. The topological polar surface area (TPSA) is 68.2 Å². The minimum atomic E-state index is -0.367. The summed E-state index contributed by atoms with van der Waals surface area (Å²) in [5.41, 5.74) is -0.316. The number of thiophene rings is 1. The van der Waals surface area contributed by atoms with Crippen LogP contribution in [0.3, 0.4) is 0 Å². The zero-order valence-electron chi connectivity index (χ0n) is 13.1. The first kappa shape index (κ1) is 15.2. The third-order valence-corrected chi connectivity index (χ3v) is 6.25. The molecular weight excluding hydrogens is 318 g/mol. The number of carbonyl (C=O) groups excluding carboxylic acids is 1. The van der Waals surface area contributed by atoms with E-state index in [9.17, 15) is 9.90 Å². The Hall–Kier alpha value is -1.31. The number of methoxy groups -OCH3 is 1. The van der Waals surface area contributed by atoms with Gasteiger partial charge in [0.05, 0.1) is 17.7 Å². The molecule has 1 saturated carbocycles. The molecule has 3 atom stereocenters. The van der Waals surface area contributed by atoms with Crippen LogP contribution >= 0.6 is 11.3 Å². The largest absolute Gasteiger partial charge is 0.485 e. The molecule has 3 heterocycles. The number of ether oxygens (including phenoxy) is 3. The molecule has 4 rings (SSSR count). The van der Waals surface area contributed by atoms with E-state index in [1.807, 2.05) is 10.3 Å². The first-order chi connectivity index (χ1) is 11.1. The summed E-state index contributed by atoms with van der Waals surface area (Å²) in [5.74, 6) is 1.18. The first-order valence-corrected chi connectivity index (χ1v) is 8.94. The van der Waals surface area contributed by atoms with Crippen molar-refractivity contribution in [3.8, 4) is 11.5 Å². The first-order valence-electron chi connectivity index (χ1n) is 8.06. The van der Waals surface area contributed by atoms with Crippen LogP contribution in [0.5, 0.6) is 11.5 Å². The zero-order valence-corrected chi connectivity index (χ0v) is 13.9. The maximum absolute atomic E-state index is 13.1. The molecule has 126 valence electrons. The standard InChI is InChI=1S/C16H21NO5S/c1-20-16-3-2-10(18)8-12(16)17(5-4-16)15(19)14-13-11(9-23-14)21-6-7-22-13/h9-10,12,18H,2-8H2,1H3/t10-,12+,16-/m0/s1. The molecule has 3 aliphatic rings. The summed E-state index contributed by atoms with van der Waals surface area (Å²) >= 11 is 1.36. The predicted octanol–water partition coefficient (Wildman–Crippen LogP) is 1.66. The van der Waals surface area contributed by atoms with Crippen molar-refractivity contribution in [3.63, 3.8) is 0 Å². The molecule has 1 aliphatic carbocycles. The van der Waals surface area contributed by atoms with Gasteiger partial charge in [-0.25, -0.2) is 0 Å². The van der Waals surface area contributed by atoms with Gasteiger partial charge < -0.3 is 24.2 Å². The number of rotatable bonds is 2. The fourth-order valence-corrected chi connectivity index (χ4v) is 4.95. The lowest BCUT2D eigenvalue weighted by Gasteiger charge is -2.42. The monoisotopic (exact) mass is 339 g/mol. The maximum atomic E-state index is 13.1. The van der Waals surface area contributed by atoms with Crippen LogP contribution in [0, 0.1) is 0 Å². The lowest BCUT2D eigenvalue weighted by atomic mass is 9.79. The van der Waals surface area contributed by atoms with Crippen LogP contribution in [0.4, 0.5) is 0 Å². The fourth-order valence-electron chi connectivity index (χ4n) is 4.06. The third kappa shape index (κ3) is 2.33. The van der Waals surface area contributed by atoms with Gasteiger partial charge in [0.15, 0.2) is 11.5 Å². The van der Waals surface area contributed by atoms with Crippen molar-refractivity contribution in [2.75, 3.05) is 26.9 Å². The summed E-state index contributed by atoms with van der Waals surface area (Å²) in [5, 5.41) is 11.9. The van der Waals surface area contributed by atoms with E-state index < -0.39 is 0 Å². The lowest BCUT2D eigenvalue weighted by Crippen LogP contribution is -2.52. The van der Waals surface area contributed by atoms with E-state index in [2.05, 4.69) is 0 Å². The normalized spacial score (nSPS) is 32.7.